The summed E-state index contributed by atoms with van der Waals surface area (Å²) in [5.41, 5.74) is 3.12. The standard InChI is InChI=1S/C21H22N2O2S/c1-23(2)12-7-13-24-14-19-22-20-15-8-3-5-10-17(15)26-18-11-6-4-9-16(18)21(20)25-19/h3-6,8-11H,7,12-14H2,1-2H3. The summed E-state index contributed by atoms with van der Waals surface area (Å²) in [7, 11) is 4.13. The van der Waals surface area contributed by atoms with Gasteiger partial charge in [0.2, 0.25) is 5.89 Å². The van der Waals surface area contributed by atoms with Gasteiger partial charge < -0.3 is 14.1 Å². The van der Waals surface area contributed by atoms with E-state index in [4.69, 9.17) is 14.1 Å². The summed E-state index contributed by atoms with van der Waals surface area (Å²) in [6.07, 6.45) is 0.996. The number of oxazole rings is 1. The third-order valence-electron chi connectivity index (χ3n) is 4.28. The van der Waals surface area contributed by atoms with Crippen LogP contribution in [-0.4, -0.2) is 37.1 Å². The van der Waals surface area contributed by atoms with Crippen LogP contribution in [0.3, 0.4) is 0 Å². The molecule has 2 aromatic carbocycles. The molecule has 26 heavy (non-hydrogen) atoms. The van der Waals surface area contributed by atoms with Crippen molar-refractivity contribution in [1.82, 2.24) is 9.88 Å². The van der Waals surface area contributed by atoms with E-state index in [1.54, 1.807) is 11.8 Å². The zero-order valence-electron chi connectivity index (χ0n) is 15.1. The third kappa shape index (κ3) is 3.56. The minimum atomic E-state index is 0.401. The summed E-state index contributed by atoms with van der Waals surface area (Å²) in [6, 6.07) is 16.7. The van der Waals surface area contributed by atoms with Gasteiger partial charge in [0.1, 0.15) is 12.3 Å². The molecule has 0 spiro atoms. The SMILES string of the molecule is CN(C)CCCOCc1nc2c(o1)-c1ccccc1Sc1ccccc1-2. The van der Waals surface area contributed by atoms with Gasteiger partial charge in [-0.1, -0.05) is 48.2 Å². The van der Waals surface area contributed by atoms with Gasteiger partial charge in [-0.05, 0) is 39.2 Å². The number of benzene rings is 2. The molecular formula is C21H22N2O2S. The molecule has 134 valence electrons. The summed E-state index contributed by atoms with van der Waals surface area (Å²) in [6.45, 7) is 2.12. The smallest absolute Gasteiger partial charge is 0.221 e. The van der Waals surface area contributed by atoms with Gasteiger partial charge >= 0.3 is 0 Å². The van der Waals surface area contributed by atoms with Crippen molar-refractivity contribution in [3.05, 3.63) is 54.4 Å². The highest BCUT2D eigenvalue weighted by molar-refractivity contribution is 7.99. The molecule has 0 saturated heterocycles. The highest BCUT2D eigenvalue weighted by Crippen LogP contribution is 2.47. The summed E-state index contributed by atoms with van der Waals surface area (Å²) in [5.74, 6) is 1.47. The van der Waals surface area contributed by atoms with E-state index in [0.717, 1.165) is 35.5 Å². The first-order valence-electron chi connectivity index (χ1n) is 8.81. The quantitative estimate of drug-likeness (QED) is 0.452. The molecular weight excluding hydrogens is 344 g/mol. The molecule has 5 heteroatoms. The van der Waals surface area contributed by atoms with Crippen LogP contribution in [0.2, 0.25) is 0 Å². The predicted octanol–water partition coefficient (Wildman–Crippen LogP) is 4.94. The molecule has 2 heterocycles. The highest BCUT2D eigenvalue weighted by atomic mass is 32.2. The second kappa shape index (κ2) is 7.66. The molecule has 0 fully saturated rings. The zero-order chi connectivity index (χ0) is 17.9. The Morgan fingerprint density at radius 3 is 2.46 bits per heavy atom. The summed E-state index contributed by atoms with van der Waals surface area (Å²) in [4.78, 5) is 9.31. The maximum absolute atomic E-state index is 6.14. The second-order valence-electron chi connectivity index (χ2n) is 6.59. The third-order valence-corrected chi connectivity index (χ3v) is 5.44. The highest BCUT2D eigenvalue weighted by Gasteiger charge is 2.25. The Balaban J connectivity index is 1.62. The number of ether oxygens (including phenoxy) is 1. The summed E-state index contributed by atoms with van der Waals surface area (Å²) < 4.78 is 11.9. The first kappa shape index (κ1) is 17.3. The molecule has 1 aliphatic rings. The molecule has 0 aliphatic carbocycles. The minimum absolute atomic E-state index is 0.401. The Bertz CT molecular complexity index is 842. The van der Waals surface area contributed by atoms with Crippen molar-refractivity contribution in [2.24, 2.45) is 0 Å². The van der Waals surface area contributed by atoms with Crippen molar-refractivity contribution in [3.8, 4) is 22.6 Å². The number of hydrogen-bond acceptors (Lipinski definition) is 5. The Hall–Kier alpha value is -2.08. The van der Waals surface area contributed by atoms with Gasteiger partial charge in [0.25, 0.3) is 0 Å². The van der Waals surface area contributed by atoms with Crippen LogP contribution >= 0.6 is 11.8 Å². The van der Waals surface area contributed by atoms with Gasteiger partial charge in [-0.15, -0.1) is 0 Å². The second-order valence-corrected chi connectivity index (χ2v) is 7.67. The van der Waals surface area contributed by atoms with Gasteiger partial charge in [0.15, 0.2) is 5.76 Å². The topological polar surface area (TPSA) is 38.5 Å². The minimum Gasteiger partial charge on any atom is -0.437 e. The van der Waals surface area contributed by atoms with E-state index in [0.29, 0.717) is 19.1 Å². The van der Waals surface area contributed by atoms with Crippen molar-refractivity contribution in [3.63, 3.8) is 0 Å². The van der Waals surface area contributed by atoms with Crippen molar-refractivity contribution in [2.45, 2.75) is 22.8 Å². The monoisotopic (exact) mass is 366 g/mol. The van der Waals surface area contributed by atoms with Crippen LogP contribution in [0.15, 0.2) is 62.7 Å². The lowest BCUT2D eigenvalue weighted by Gasteiger charge is -2.08. The van der Waals surface area contributed by atoms with Crippen LogP contribution in [-0.2, 0) is 11.3 Å². The fourth-order valence-corrected chi connectivity index (χ4v) is 4.12. The Morgan fingerprint density at radius 1 is 1.00 bits per heavy atom. The average molecular weight is 366 g/mol. The first-order valence-corrected chi connectivity index (χ1v) is 9.63. The van der Waals surface area contributed by atoms with E-state index in [9.17, 15) is 0 Å². The molecule has 0 saturated carbocycles. The Labute approximate surface area is 158 Å². The molecule has 0 radical (unpaired) electrons. The first-order chi connectivity index (χ1) is 12.7. The van der Waals surface area contributed by atoms with E-state index in [1.807, 2.05) is 12.1 Å². The van der Waals surface area contributed by atoms with Gasteiger partial charge in [0.05, 0.1) is 0 Å². The Morgan fingerprint density at radius 2 is 1.69 bits per heavy atom. The van der Waals surface area contributed by atoms with Crippen molar-refractivity contribution >= 4 is 11.8 Å². The van der Waals surface area contributed by atoms with E-state index < -0.39 is 0 Å². The largest absolute Gasteiger partial charge is 0.437 e. The van der Waals surface area contributed by atoms with Crippen LogP contribution in [0.1, 0.15) is 12.3 Å². The number of hydrogen-bond donors (Lipinski definition) is 0. The number of rotatable bonds is 6. The lowest BCUT2D eigenvalue weighted by molar-refractivity contribution is 0.0965. The van der Waals surface area contributed by atoms with Gasteiger partial charge in [-0.2, -0.15) is 0 Å². The van der Waals surface area contributed by atoms with Crippen molar-refractivity contribution in [1.29, 1.82) is 0 Å². The van der Waals surface area contributed by atoms with E-state index in [1.165, 1.54) is 9.79 Å². The van der Waals surface area contributed by atoms with Crippen LogP contribution in [0.25, 0.3) is 22.6 Å². The van der Waals surface area contributed by atoms with Crippen LogP contribution in [0.5, 0.6) is 0 Å². The number of aromatic nitrogens is 1. The Kier molecular flexibility index (Phi) is 5.11. The fourth-order valence-electron chi connectivity index (χ4n) is 3.05. The lowest BCUT2D eigenvalue weighted by Crippen LogP contribution is -2.14. The molecule has 4 rings (SSSR count). The molecule has 1 aromatic heterocycles. The number of nitrogens with zero attached hydrogens (tertiary/aromatic N) is 2. The summed E-state index contributed by atoms with van der Waals surface area (Å²) in [5, 5.41) is 0. The van der Waals surface area contributed by atoms with Gasteiger partial charge in [-0.25, -0.2) is 4.98 Å². The predicted molar refractivity (Wildman–Crippen MR) is 104 cm³/mol. The van der Waals surface area contributed by atoms with Crippen LogP contribution < -0.4 is 0 Å². The average Bonchev–Trinajstić information content (AvgIpc) is 3.01. The molecule has 0 amide bonds. The molecule has 4 nitrogen and oxygen atoms in total. The normalized spacial score (nSPS) is 12.4. The summed E-state index contributed by atoms with van der Waals surface area (Å²) >= 11 is 1.76. The lowest BCUT2D eigenvalue weighted by atomic mass is 10.1. The van der Waals surface area contributed by atoms with Gasteiger partial charge in [-0.3, -0.25) is 0 Å². The van der Waals surface area contributed by atoms with Crippen LogP contribution in [0, 0.1) is 0 Å². The van der Waals surface area contributed by atoms with Crippen molar-refractivity contribution in [2.75, 3.05) is 27.2 Å². The molecule has 0 unspecified atom stereocenters. The molecule has 0 bridgehead atoms. The van der Waals surface area contributed by atoms with Gasteiger partial charge in [0, 0.05) is 27.5 Å². The fraction of sp³-hybridized carbons (Fsp3) is 0.286. The number of fused-ring (bicyclic) bond motifs is 5. The molecule has 0 atom stereocenters. The molecule has 0 N–H and O–H groups in total. The zero-order valence-corrected chi connectivity index (χ0v) is 15.9. The molecule has 1 aliphatic heterocycles. The van der Waals surface area contributed by atoms with E-state index in [2.05, 4.69) is 55.4 Å². The molecule has 3 aromatic rings. The van der Waals surface area contributed by atoms with Crippen LogP contribution in [0.4, 0.5) is 0 Å². The van der Waals surface area contributed by atoms with Crippen molar-refractivity contribution < 1.29 is 9.15 Å². The van der Waals surface area contributed by atoms with E-state index in [-0.39, 0.29) is 0 Å². The maximum Gasteiger partial charge on any atom is 0.221 e. The van der Waals surface area contributed by atoms with E-state index >= 15 is 0 Å². The maximum atomic E-state index is 6.14.